The summed E-state index contributed by atoms with van der Waals surface area (Å²) in [6.45, 7) is 11.8. The van der Waals surface area contributed by atoms with E-state index in [1.807, 2.05) is 56.0 Å². The second-order valence-corrected chi connectivity index (χ2v) is 6.94. The van der Waals surface area contributed by atoms with Gasteiger partial charge in [-0.25, -0.2) is 4.79 Å². The fourth-order valence-corrected chi connectivity index (χ4v) is 2.83. The molecule has 2 rings (SSSR count). The lowest BCUT2D eigenvalue weighted by Crippen LogP contribution is -2.44. The van der Waals surface area contributed by atoms with Gasteiger partial charge in [0.1, 0.15) is 12.4 Å². The van der Waals surface area contributed by atoms with Crippen molar-refractivity contribution in [2.75, 3.05) is 13.2 Å². The Balaban J connectivity index is 1.88. The minimum Gasteiger partial charge on any atom is -0.491 e. The molecule has 26 heavy (non-hydrogen) atoms. The fourth-order valence-electron chi connectivity index (χ4n) is 2.83. The third kappa shape index (κ3) is 5.25. The molecule has 4 heteroatoms. The van der Waals surface area contributed by atoms with Crippen LogP contribution in [0.2, 0.25) is 0 Å². The number of urea groups is 1. The maximum absolute atomic E-state index is 12.5. The van der Waals surface area contributed by atoms with Crippen LogP contribution in [0.3, 0.4) is 0 Å². The number of ether oxygens (including phenoxy) is 1. The van der Waals surface area contributed by atoms with Gasteiger partial charge in [0.05, 0.1) is 6.54 Å². The third-order valence-electron chi connectivity index (χ3n) is 4.58. The summed E-state index contributed by atoms with van der Waals surface area (Å²) >= 11 is 0. The Kier molecular flexibility index (Phi) is 7.07. The molecule has 0 atom stereocenters. The monoisotopic (exact) mass is 354 g/mol. The number of amides is 2. The molecule has 0 radical (unpaired) electrons. The van der Waals surface area contributed by atoms with Crippen molar-refractivity contribution in [3.8, 4) is 5.75 Å². The van der Waals surface area contributed by atoms with Crippen LogP contribution >= 0.6 is 0 Å². The first kappa shape index (κ1) is 19.8. The molecule has 0 unspecified atom stereocenters. The van der Waals surface area contributed by atoms with Gasteiger partial charge in [0, 0.05) is 12.6 Å². The molecule has 2 amide bonds. The zero-order valence-corrected chi connectivity index (χ0v) is 16.5. The number of rotatable bonds is 7. The Morgan fingerprint density at radius 2 is 1.69 bits per heavy atom. The zero-order chi connectivity index (χ0) is 19.1. The number of hydrogen-bond acceptors (Lipinski definition) is 2. The summed E-state index contributed by atoms with van der Waals surface area (Å²) in [4.78, 5) is 14.4. The van der Waals surface area contributed by atoms with Crippen molar-refractivity contribution in [1.82, 2.24) is 10.2 Å². The van der Waals surface area contributed by atoms with Crippen molar-refractivity contribution in [2.24, 2.45) is 0 Å². The highest BCUT2D eigenvalue weighted by Crippen LogP contribution is 2.25. The van der Waals surface area contributed by atoms with Crippen LogP contribution in [0.25, 0.3) is 0 Å². The van der Waals surface area contributed by atoms with Gasteiger partial charge in [0.15, 0.2) is 0 Å². The van der Waals surface area contributed by atoms with Gasteiger partial charge in [0.25, 0.3) is 0 Å². The van der Waals surface area contributed by atoms with Gasteiger partial charge in [-0.15, -0.1) is 0 Å². The highest BCUT2D eigenvalue weighted by molar-refractivity contribution is 5.74. The predicted molar refractivity (Wildman–Crippen MR) is 107 cm³/mol. The summed E-state index contributed by atoms with van der Waals surface area (Å²) in [6, 6.07) is 14.3. The number of nitrogens with zero attached hydrogens (tertiary/aromatic N) is 1. The van der Waals surface area contributed by atoms with E-state index in [0.717, 1.165) is 22.4 Å². The first-order valence-corrected chi connectivity index (χ1v) is 9.18. The molecule has 2 aromatic rings. The number of carbonyl (C=O) groups excluding carboxylic acids is 1. The molecular formula is C22H30N2O2. The first-order valence-electron chi connectivity index (χ1n) is 9.18. The molecule has 1 N–H and O–H groups in total. The van der Waals surface area contributed by atoms with E-state index < -0.39 is 0 Å². The van der Waals surface area contributed by atoms with E-state index in [2.05, 4.69) is 31.3 Å². The average Bonchev–Trinajstić information content (AvgIpc) is 2.62. The van der Waals surface area contributed by atoms with Gasteiger partial charge in [0.2, 0.25) is 0 Å². The molecule has 0 bridgehead atoms. The largest absolute Gasteiger partial charge is 0.491 e. The molecule has 0 aliphatic heterocycles. The molecule has 0 saturated carbocycles. The predicted octanol–water partition coefficient (Wildman–Crippen LogP) is 4.61. The van der Waals surface area contributed by atoms with Gasteiger partial charge in [-0.1, -0.05) is 42.5 Å². The van der Waals surface area contributed by atoms with E-state index in [1.165, 1.54) is 5.56 Å². The maximum atomic E-state index is 12.5. The van der Waals surface area contributed by atoms with E-state index in [9.17, 15) is 4.79 Å². The number of carbonyl (C=O) groups is 1. The van der Waals surface area contributed by atoms with E-state index >= 15 is 0 Å². The van der Waals surface area contributed by atoms with E-state index in [1.54, 1.807) is 0 Å². The molecule has 2 aromatic carbocycles. The van der Waals surface area contributed by atoms with Crippen molar-refractivity contribution >= 4 is 6.03 Å². The van der Waals surface area contributed by atoms with Gasteiger partial charge in [-0.3, -0.25) is 0 Å². The zero-order valence-electron chi connectivity index (χ0n) is 16.5. The highest BCUT2D eigenvalue weighted by Gasteiger charge is 2.17. The quantitative estimate of drug-likeness (QED) is 0.738. The fraction of sp³-hybridized carbons (Fsp3) is 0.409. The molecule has 0 saturated heterocycles. The van der Waals surface area contributed by atoms with Gasteiger partial charge >= 0.3 is 6.03 Å². The summed E-state index contributed by atoms with van der Waals surface area (Å²) in [5.74, 6) is 0.921. The van der Waals surface area contributed by atoms with Gasteiger partial charge < -0.3 is 15.0 Å². The summed E-state index contributed by atoms with van der Waals surface area (Å²) in [5.41, 5.74) is 4.61. The molecule has 0 aliphatic carbocycles. The lowest BCUT2D eigenvalue weighted by Gasteiger charge is -2.27. The van der Waals surface area contributed by atoms with Gasteiger partial charge in [-0.05, 0) is 56.9 Å². The Hall–Kier alpha value is -2.49. The molecule has 4 nitrogen and oxygen atoms in total. The van der Waals surface area contributed by atoms with Crippen molar-refractivity contribution in [3.05, 3.63) is 64.7 Å². The summed E-state index contributed by atoms with van der Waals surface area (Å²) < 4.78 is 5.92. The Morgan fingerprint density at radius 1 is 1.04 bits per heavy atom. The molecule has 0 aromatic heterocycles. The normalized spacial score (nSPS) is 10.7. The van der Waals surface area contributed by atoms with E-state index in [0.29, 0.717) is 19.7 Å². The molecular weight excluding hydrogens is 324 g/mol. The van der Waals surface area contributed by atoms with Crippen LogP contribution in [0.4, 0.5) is 4.79 Å². The summed E-state index contributed by atoms with van der Waals surface area (Å²) in [6.07, 6.45) is 0. The lowest BCUT2D eigenvalue weighted by atomic mass is 10.1. The molecule has 140 valence electrons. The van der Waals surface area contributed by atoms with Crippen LogP contribution in [-0.4, -0.2) is 30.1 Å². The Labute approximate surface area is 157 Å². The molecule has 0 aliphatic rings. The van der Waals surface area contributed by atoms with Crippen molar-refractivity contribution in [2.45, 2.75) is 47.2 Å². The third-order valence-corrected chi connectivity index (χ3v) is 4.58. The Morgan fingerprint density at radius 3 is 2.35 bits per heavy atom. The number of aryl methyl sites for hydroxylation is 2. The number of benzene rings is 2. The van der Waals surface area contributed by atoms with Crippen molar-refractivity contribution in [1.29, 1.82) is 0 Å². The average molecular weight is 354 g/mol. The molecule has 0 fully saturated rings. The van der Waals surface area contributed by atoms with Crippen molar-refractivity contribution < 1.29 is 9.53 Å². The van der Waals surface area contributed by atoms with Crippen LogP contribution in [-0.2, 0) is 6.54 Å². The van der Waals surface area contributed by atoms with Crippen LogP contribution in [0, 0.1) is 20.8 Å². The number of hydrogen-bond donors (Lipinski definition) is 1. The summed E-state index contributed by atoms with van der Waals surface area (Å²) in [5, 5.41) is 2.97. The summed E-state index contributed by atoms with van der Waals surface area (Å²) in [7, 11) is 0. The van der Waals surface area contributed by atoms with Gasteiger partial charge in [-0.2, -0.15) is 0 Å². The number of nitrogens with one attached hydrogen (secondary N) is 1. The second kappa shape index (κ2) is 9.27. The minimum atomic E-state index is -0.0647. The first-order chi connectivity index (χ1) is 12.4. The van der Waals surface area contributed by atoms with Crippen LogP contribution in [0.15, 0.2) is 42.5 Å². The standard InChI is InChI=1S/C22H30N2O2/c1-16(2)24(15-20-9-7-6-8-10-20)22(25)23-13-14-26-21-18(4)12-11-17(3)19(21)5/h6-12,16H,13-15H2,1-5H3,(H,23,25). The van der Waals surface area contributed by atoms with Crippen LogP contribution < -0.4 is 10.1 Å². The maximum Gasteiger partial charge on any atom is 0.318 e. The van der Waals surface area contributed by atoms with Crippen molar-refractivity contribution in [3.63, 3.8) is 0 Å². The van der Waals surface area contributed by atoms with E-state index in [4.69, 9.17) is 4.74 Å². The Bertz CT molecular complexity index is 726. The highest BCUT2D eigenvalue weighted by atomic mass is 16.5. The SMILES string of the molecule is Cc1ccc(C)c(OCCNC(=O)N(Cc2ccccc2)C(C)C)c1C. The lowest BCUT2D eigenvalue weighted by molar-refractivity contribution is 0.177. The minimum absolute atomic E-state index is 0.0647. The van der Waals surface area contributed by atoms with Crippen LogP contribution in [0.5, 0.6) is 5.75 Å². The van der Waals surface area contributed by atoms with E-state index in [-0.39, 0.29) is 12.1 Å². The second-order valence-electron chi connectivity index (χ2n) is 6.94. The molecule has 0 heterocycles. The molecule has 0 spiro atoms. The topological polar surface area (TPSA) is 41.6 Å². The smallest absolute Gasteiger partial charge is 0.318 e. The van der Waals surface area contributed by atoms with Crippen LogP contribution in [0.1, 0.15) is 36.1 Å².